The van der Waals surface area contributed by atoms with Crippen LogP contribution in [0.3, 0.4) is 0 Å². The fraction of sp³-hybridized carbons (Fsp3) is 0.765. The number of carbonyl (C=O) groups excluding carboxylic acids is 3. The lowest BCUT2D eigenvalue weighted by Gasteiger charge is -2.28. The van der Waals surface area contributed by atoms with E-state index in [1.54, 1.807) is 13.8 Å². The number of aliphatic hydroxyl groups excluding tert-OH is 3. The topological polar surface area (TPSA) is 211 Å². The maximum Gasteiger partial charge on any atom is 0.326 e. The van der Waals surface area contributed by atoms with Gasteiger partial charge in [-0.3, -0.25) is 14.4 Å². The summed E-state index contributed by atoms with van der Waals surface area (Å²) < 4.78 is 0. The molecule has 0 radical (unpaired) electrons. The minimum atomic E-state index is -1.54. The number of carboxylic acid groups (broad SMARTS) is 1. The van der Waals surface area contributed by atoms with Crippen LogP contribution in [0.4, 0.5) is 0 Å². The molecule has 29 heavy (non-hydrogen) atoms. The maximum absolute atomic E-state index is 12.5. The van der Waals surface area contributed by atoms with E-state index in [9.17, 15) is 34.5 Å². The summed E-state index contributed by atoms with van der Waals surface area (Å²) in [6.45, 7) is 5.09. The van der Waals surface area contributed by atoms with Crippen molar-refractivity contribution < 1.29 is 39.6 Å². The largest absolute Gasteiger partial charge is 0.480 e. The number of carbonyl (C=O) groups is 4. The van der Waals surface area contributed by atoms with Crippen LogP contribution in [-0.2, 0) is 19.2 Å². The number of nitrogens with two attached hydrogens (primary N) is 1. The molecule has 0 aliphatic heterocycles. The third kappa shape index (κ3) is 8.31. The second-order valence-corrected chi connectivity index (χ2v) is 6.95. The molecule has 0 spiro atoms. The van der Waals surface area contributed by atoms with Crippen LogP contribution in [0.25, 0.3) is 0 Å². The van der Waals surface area contributed by atoms with Crippen LogP contribution in [-0.4, -0.2) is 87.1 Å². The predicted octanol–water partition coefficient (Wildman–Crippen LogP) is -3.35. The number of nitrogens with one attached hydrogen (secondary N) is 3. The molecule has 0 bridgehead atoms. The number of hydrogen-bond donors (Lipinski definition) is 8. The Morgan fingerprint density at radius 1 is 0.828 bits per heavy atom. The van der Waals surface area contributed by atoms with Gasteiger partial charge in [-0.2, -0.15) is 0 Å². The van der Waals surface area contributed by atoms with Crippen molar-refractivity contribution in [3.05, 3.63) is 0 Å². The molecule has 0 aliphatic rings. The highest BCUT2D eigenvalue weighted by Gasteiger charge is 2.35. The summed E-state index contributed by atoms with van der Waals surface area (Å²) in [7, 11) is 0. The van der Waals surface area contributed by atoms with E-state index in [1.807, 2.05) is 0 Å². The van der Waals surface area contributed by atoms with E-state index in [4.69, 9.17) is 10.8 Å². The molecule has 0 saturated heterocycles. The van der Waals surface area contributed by atoms with Crippen LogP contribution in [0.5, 0.6) is 0 Å². The number of hydrogen-bond acceptors (Lipinski definition) is 8. The van der Waals surface area contributed by atoms with Crippen LogP contribution >= 0.6 is 0 Å². The van der Waals surface area contributed by atoms with Gasteiger partial charge in [0.25, 0.3) is 0 Å². The van der Waals surface area contributed by atoms with Crippen molar-refractivity contribution in [3.63, 3.8) is 0 Å². The molecule has 12 nitrogen and oxygen atoms in total. The molecular weight excluding hydrogens is 388 g/mol. The van der Waals surface area contributed by atoms with Gasteiger partial charge in [0.05, 0.1) is 18.8 Å². The SMILES string of the molecule is CCC(C)C(NC(=O)C(NC(=O)C(NC(=O)C(N)CO)C(C)O)C(C)O)C(=O)O. The minimum absolute atomic E-state index is 0.411. The molecule has 168 valence electrons. The zero-order chi connectivity index (χ0) is 22.9. The van der Waals surface area contributed by atoms with Gasteiger partial charge in [-0.25, -0.2) is 4.79 Å². The van der Waals surface area contributed by atoms with Crippen LogP contribution in [0, 0.1) is 5.92 Å². The number of carboxylic acids is 1. The van der Waals surface area contributed by atoms with Gasteiger partial charge in [0.2, 0.25) is 17.7 Å². The molecule has 0 rings (SSSR count). The average Bonchev–Trinajstić information content (AvgIpc) is 2.65. The molecule has 0 aromatic rings. The predicted molar refractivity (Wildman–Crippen MR) is 101 cm³/mol. The van der Waals surface area contributed by atoms with Crippen LogP contribution < -0.4 is 21.7 Å². The summed E-state index contributed by atoms with van der Waals surface area (Å²) in [5.41, 5.74) is 5.35. The Bertz CT molecular complexity index is 584. The third-order valence-electron chi connectivity index (χ3n) is 4.44. The number of rotatable bonds is 12. The van der Waals surface area contributed by atoms with Crippen LogP contribution in [0.1, 0.15) is 34.1 Å². The molecule has 3 amide bonds. The Kier molecular flexibility index (Phi) is 11.3. The Morgan fingerprint density at radius 2 is 1.21 bits per heavy atom. The molecular formula is C17H32N4O8. The van der Waals surface area contributed by atoms with Crippen molar-refractivity contribution >= 4 is 23.7 Å². The molecule has 0 heterocycles. The first-order valence-corrected chi connectivity index (χ1v) is 9.23. The molecule has 12 heteroatoms. The van der Waals surface area contributed by atoms with Gasteiger partial charge in [0, 0.05) is 0 Å². The van der Waals surface area contributed by atoms with E-state index in [0.29, 0.717) is 6.42 Å². The number of aliphatic hydroxyl groups is 3. The zero-order valence-electron chi connectivity index (χ0n) is 17.0. The van der Waals surface area contributed by atoms with E-state index in [2.05, 4.69) is 16.0 Å². The number of amides is 3. The first-order chi connectivity index (χ1) is 13.4. The van der Waals surface area contributed by atoms with Crippen molar-refractivity contribution in [2.75, 3.05) is 6.61 Å². The van der Waals surface area contributed by atoms with Gasteiger partial charge < -0.3 is 42.1 Å². The van der Waals surface area contributed by atoms with Gasteiger partial charge in [-0.05, 0) is 19.8 Å². The summed E-state index contributed by atoms with van der Waals surface area (Å²) in [6, 6.07) is -5.63. The molecule has 0 saturated carbocycles. The average molecular weight is 420 g/mol. The number of aliphatic carboxylic acids is 1. The summed E-state index contributed by atoms with van der Waals surface area (Å²) >= 11 is 0. The molecule has 0 aromatic carbocycles. The Hall–Kier alpha value is -2.28. The maximum atomic E-state index is 12.5. The van der Waals surface area contributed by atoms with Crippen molar-refractivity contribution in [3.8, 4) is 0 Å². The van der Waals surface area contributed by atoms with Gasteiger partial charge in [0.15, 0.2) is 0 Å². The van der Waals surface area contributed by atoms with Crippen molar-refractivity contribution in [2.45, 2.75) is 70.5 Å². The molecule has 9 N–H and O–H groups in total. The zero-order valence-corrected chi connectivity index (χ0v) is 17.0. The van der Waals surface area contributed by atoms with E-state index in [0.717, 1.165) is 0 Å². The fourth-order valence-corrected chi connectivity index (χ4v) is 2.32. The first kappa shape index (κ1) is 26.7. The summed E-state index contributed by atoms with van der Waals surface area (Å²) in [4.78, 5) is 48.1. The molecule has 0 aliphatic carbocycles. The second kappa shape index (κ2) is 12.3. The second-order valence-electron chi connectivity index (χ2n) is 6.95. The van der Waals surface area contributed by atoms with Gasteiger partial charge >= 0.3 is 5.97 Å². The van der Waals surface area contributed by atoms with Crippen molar-refractivity contribution in [1.82, 2.24) is 16.0 Å². The Morgan fingerprint density at radius 3 is 1.52 bits per heavy atom. The lowest BCUT2D eigenvalue weighted by molar-refractivity contribution is -0.144. The van der Waals surface area contributed by atoms with Crippen LogP contribution in [0.2, 0.25) is 0 Å². The monoisotopic (exact) mass is 420 g/mol. The Labute approximate surface area is 168 Å². The third-order valence-corrected chi connectivity index (χ3v) is 4.44. The van der Waals surface area contributed by atoms with Gasteiger partial charge in [-0.1, -0.05) is 20.3 Å². The highest BCUT2D eigenvalue weighted by atomic mass is 16.4. The van der Waals surface area contributed by atoms with E-state index >= 15 is 0 Å². The normalized spacial score (nSPS) is 18.3. The standard InChI is InChI=1S/C17H32N4O8/c1-5-7(2)11(17(28)29)19-15(26)13(9(4)24)21-16(27)12(8(3)23)20-14(25)10(18)6-22/h7-13,22-24H,5-6,18H2,1-4H3,(H,19,26)(H,20,25)(H,21,27)(H,28,29). The van der Waals surface area contributed by atoms with Crippen molar-refractivity contribution in [1.29, 1.82) is 0 Å². The molecule has 0 fully saturated rings. The quantitative estimate of drug-likeness (QED) is 0.158. The van der Waals surface area contributed by atoms with Crippen LogP contribution in [0.15, 0.2) is 0 Å². The van der Waals surface area contributed by atoms with Gasteiger partial charge in [0.1, 0.15) is 24.2 Å². The fourth-order valence-electron chi connectivity index (χ4n) is 2.32. The summed E-state index contributed by atoms with van der Waals surface area (Å²) in [6.07, 6.45) is -2.34. The summed E-state index contributed by atoms with van der Waals surface area (Å²) in [5, 5.41) is 44.4. The molecule has 7 atom stereocenters. The van der Waals surface area contributed by atoms with E-state index in [-0.39, 0.29) is 0 Å². The molecule has 0 aromatic heterocycles. The first-order valence-electron chi connectivity index (χ1n) is 9.23. The van der Waals surface area contributed by atoms with E-state index in [1.165, 1.54) is 13.8 Å². The van der Waals surface area contributed by atoms with Gasteiger partial charge in [-0.15, -0.1) is 0 Å². The highest BCUT2D eigenvalue weighted by Crippen LogP contribution is 2.09. The Balaban J connectivity index is 5.37. The minimum Gasteiger partial charge on any atom is -0.480 e. The lowest BCUT2D eigenvalue weighted by Crippen LogP contribution is -2.62. The molecule has 7 unspecified atom stereocenters. The highest BCUT2D eigenvalue weighted by molar-refractivity contribution is 5.94. The van der Waals surface area contributed by atoms with E-state index < -0.39 is 72.6 Å². The van der Waals surface area contributed by atoms with Crippen molar-refractivity contribution in [2.24, 2.45) is 11.7 Å². The summed E-state index contributed by atoms with van der Waals surface area (Å²) in [5.74, 6) is -4.53. The lowest BCUT2D eigenvalue weighted by atomic mass is 9.98. The smallest absolute Gasteiger partial charge is 0.326 e.